The molecule has 0 saturated carbocycles. The fourth-order valence-corrected chi connectivity index (χ4v) is 8.84. The van der Waals surface area contributed by atoms with Gasteiger partial charge in [0.05, 0.1) is 16.4 Å². The molecule has 1 aliphatic heterocycles. The molecule has 11 rings (SSSR count). The van der Waals surface area contributed by atoms with E-state index in [9.17, 15) is 0 Å². The van der Waals surface area contributed by atoms with E-state index in [-0.39, 0.29) is 5.41 Å². The number of hydrogen-bond acceptors (Lipinski definition) is 2. The molecule has 232 valence electrons. The molecular weight excluding hydrogens is 599 g/mol. The van der Waals surface area contributed by atoms with Crippen molar-refractivity contribution in [1.82, 2.24) is 4.57 Å². The molecule has 1 aromatic heterocycles. The van der Waals surface area contributed by atoms with Crippen LogP contribution in [0.3, 0.4) is 0 Å². The topological polar surface area (TPSA) is 23.4 Å². The van der Waals surface area contributed by atoms with Crippen LogP contribution in [-0.4, -0.2) is 4.57 Å². The normalized spacial score (nSPS) is 15.4. The highest BCUT2D eigenvalue weighted by molar-refractivity contribution is 6.15. The second kappa shape index (κ2) is 9.30. The lowest BCUT2D eigenvalue weighted by molar-refractivity contribution is -0.0411. The third-order valence-electron chi connectivity index (χ3n) is 11.1. The van der Waals surface area contributed by atoms with Crippen molar-refractivity contribution in [3.8, 4) is 50.6 Å². The van der Waals surface area contributed by atoms with Crippen LogP contribution in [0.25, 0.3) is 60.9 Å². The van der Waals surface area contributed by atoms with Gasteiger partial charge in [0.25, 0.3) is 0 Å². The van der Waals surface area contributed by atoms with Gasteiger partial charge in [-0.15, -0.1) is 0 Å². The fourth-order valence-electron chi connectivity index (χ4n) is 8.84. The molecule has 7 aromatic carbocycles. The number of benzene rings is 7. The summed E-state index contributed by atoms with van der Waals surface area (Å²) in [5, 5.41) is 2.23. The highest BCUT2D eigenvalue weighted by Crippen LogP contribution is 2.59. The van der Waals surface area contributed by atoms with E-state index in [0.717, 1.165) is 61.2 Å². The van der Waals surface area contributed by atoms with Crippen LogP contribution in [-0.2, 0) is 11.2 Å². The first-order chi connectivity index (χ1) is 24.0. The Morgan fingerprint density at radius 2 is 1.06 bits per heavy atom. The van der Waals surface area contributed by atoms with Crippen LogP contribution in [0.15, 0.2) is 152 Å². The predicted molar refractivity (Wildman–Crippen MR) is 198 cm³/mol. The number of fused-ring (bicyclic) bond motifs is 13. The first kappa shape index (κ1) is 26.9. The largest absolute Gasteiger partial charge is 0.440 e. The van der Waals surface area contributed by atoms with Crippen molar-refractivity contribution in [2.45, 2.75) is 25.0 Å². The summed E-state index contributed by atoms with van der Waals surface area (Å²) < 4.78 is 16.7. The number of rotatable bonds is 2. The van der Waals surface area contributed by atoms with Crippen molar-refractivity contribution < 1.29 is 9.47 Å². The van der Waals surface area contributed by atoms with Crippen LogP contribution in [0.2, 0.25) is 0 Å². The molecule has 0 atom stereocenters. The molecule has 0 saturated heterocycles. The van der Waals surface area contributed by atoms with Gasteiger partial charge in [0.2, 0.25) is 0 Å². The smallest absolute Gasteiger partial charge is 0.306 e. The van der Waals surface area contributed by atoms with Crippen LogP contribution in [0.5, 0.6) is 11.5 Å². The fraction of sp³-hybridized carbons (Fsp3) is 0.0870. The highest BCUT2D eigenvalue weighted by atomic mass is 16.7. The Morgan fingerprint density at radius 3 is 1.76 bits per heavy atom. The molecular formula is C46H31NO2. The lowest BCUT2D eigenvalue weighted by Gasteiger charge is -2.25. The van der Waals surface area contributed by atoms with Gasteiger partial charge in [0.15, 0.2) is 11.5 Å². The average Bonchev–Trinajstić information content (AvgIpc) is 3.84. The molecule has 3 aliphatic rings. The van der Waals surface area contributed by atoms with Crippen molar-refractivity contribution in [3.63, 3.8) is 0 Å². The minimum absolute atomic E-state index is 0.124. The zero-order valence-corrected chi connectivity index (χ0v) is 27.2. The van der Waals surface area contributed by atoms with Crippen molar-refractivity contribution in [3.05, 3.63) is 174 Å². The molecule has 2 heterocycles. The van der Waals surface area contributed by atoms with E-state index in [1.165, 1.54) is 33.4 Å². The van der Waals surface area contributed by atoms with Crippen molar-refractivity contribution in [2.75, 3.05) is 0 Å². The molecule has 0 radical (unpaired) electrons. The van der Waals surface area contributed by atoms with Gasteiger partial charge in [-0.1, -0.05) is 129 Å². The van der Waals surface area contributed by atoms with E-state index in [1.807, 2.05) is 0 Å². The maximum absolute atomic E-state index is 7.25. The van der Waals surface area contributed by atoms with Crippen LogP contribution in [0.1, 0.15) is 36.1 Å². The average molecular weight is 630 g/mol. The lowest BCUT2D eigenvalue weighted by atomic mass is 9.82. The Bertz CT molecular complexity index is 2630. The van der Waals surface area contributed by atoms with Gasteiger partial charge in [0, 0.05) is 27.6 Å². The maximum atomic E-state index is 7.25. The van der Waals surface area contributed by atoms with Gasteiger partial charge in [-0.3, -0.25) is 0 Å². The number of aromatic nitrogens is 1. The van der Waals surface area contributed by atoms with Crippen LogP contribution >= 0.6 is 0 Å². The number of ether oxygens (including phenoxy) is 2. The first-order valence-corrected chi connectivity index (χ1v) is 17.0. The van der Waals surface area contributed by atoms with Gasteiger partial charge in [-0.2, -0.15) is 0 Å². The lowest BCUT2D eigenvalue weighted by Crippen LogP contribution is -2.34. The van der Waals surface area contributed by atoms with Gasteiger partial charge in [-0.05, 0) is 80.9 Å². The summed E-state index contributed by atoms with van der Waals surface area (Å²) in [6.45, 7) is 4.69. The summed E-state index contributed by atoms with van der Waals surface area (Å²) in [4.78, 5) is 0. The summed E-state index contributed by atoms with van der Waals surface area (Å²) in [7, 11) is 0. The molecule has 0 bridgehead atoms. The third kappa shape index (κ3) is 3.42. The Morgan fingerprint density at radius 1 is 0.469 bits per heavy atom. The summed E-state index contributed by atoms with van der Waals surface area (Å²) in [6.07, 6.45) is 0. The van der Waals surface area contributed by atoms with Gasteiger partial charge >= 0.3 is 5.79 Å². The van der Waals surface area contributed by atoms with Gasteiger partial charge < -0.3 is 14.0 Å². The number of nitrogens with zero attached hydrogens (tertiary/aromatic N) is 1. The van der Waals surface area contributed by atoms with Crippen molar-refractivity contribution >= 4 is 21.8 Å². The second-order valence-corrected chi connectivity index (χ2v) is 14.0. The zero-order valence-electron chi connectivity index (χ0n) is 27.2. The molecule has 0 N–H and O–H groups in total. The van der Waals surface area contributed by atoms with Crippen LogP contribution < -0.4 is 9.47 Å². The summed E-state index contributed by atoms with van der Waals surface area (Å²) in [6, 6.07) is 54.4. The molecule has 49 heavy (non-hydrogen) atoms. The van der Waals surface area contributed by atoms with E-state index in [1.54, 1.807) is 0 Å². The molecule has 2 aliphatic carbocycles. The SMILES string of the molecule is CC1(C)c2ccccc2-c2cc3c4c5c(ccc4n(-c4ccc(-c6ccccc6)cc4)c3cc21)OC1(O5)c2ccccc2-c2ccccc21. The monoisotopic (exact) mass is 629 g/mol. The van der Waals surface area contributed by atoms with E-state index in [0.29, 0.717) is 0 Å². The molecule has 0 unspecified atom stereocenters. The first-order valence-electron chi connectivity index (χ1n) is 17.0. The van der Waals surface area contributed by atoms with Crippen molar-refractivity contribution in [1.29, 1.82) is 0 Å². The maximum Gasteiger partial charge on any atom is 0.306 e. The zero-order chi connectivity index (χ0) is 32.5. The van der Waals surface area contributed by atoms with Crippen LogP contribution in [0, 0.1) is 0 Å². The Labute approximate surface area is 284 Å². The minimum atomic E-state index is -1.04. The van der Waals surface area contributed by atoms with E-state index in [2.05, 4.69) is 170 Å². The Kier molecular flexibility index (Phi) is 5.11. The summed E-state index contributed by atoms with van der Waals surface area (Å²) >= 11 is 0. The van der Waals surface area contributed by atoms with E-state index in [4.69, 9.17) is 9.47 Å². The quantitative estimate of drug-likeness (QED) is 0.190. The molecule has 0 fully saturated rings. The summed E-state index contributed by atoms with van der Waals surface area (Å²) in [5.74, 6) is 0.513. The van der Waals surface area contributed by atoms with Crippen LogP contribution in [0.4, 0.5) is 0 Å². The molecule has 8 aromatic rings. The molecule has 3 nitrogen and oxygen atoms in total. The third-order valence-corrected chi connectivity index (χ3v) is 11.1. The predicted octanol–water partition coefficient (Wildman–Crippen LogP) is 11.4. The van der Waals surface area contributed by atoms with E-state index >= 15 is 0 Å². The van der Waals surface area contributed by atoms with Crippen molar-refractivity contribution in [2.24, 2.45) is 0 Å². The molecule has 0 amide bonds. The Balaban J connectivity index is 1.19. The second-order valence-electron chi connectivity index (χ2n) is 14.0. The summed E-state index contributed by atoms with van der Waals surface area (Å²) in [5.41, 5.74) is 15.3. The van der Waals surface area contributed by atoms with Gasteiger partial charge in [0.1, 0.15) is 0 Å². The molecule has 1 spiro atoms. The van der Waals surface area contributed by atoms with Gasteiger partial charge in [-0.25, -0.2) is 0 Å². The Hall–Kier alpha value is -6.06. The minimum Gasteiger partial charge on any atom is -0.440 e. The van der Waals surface area contributed by atoms with E-state index < -0.39 is 5.79 Å². The highest BCUT2D eigenvalue weighted by Gasteiger charge is 2.53. The number of hydrogen-bond donors (Lipinski definition) is 0. The molecule has 3 heteroatoms. The standard InChI is InChI=1S/C46H31NO2/c1-45(2)36-17-9-6-16-33(36)34-26-35-41(27-39(34)45)47(30-22-20-29(21-23-30)28-12-4-3-5-13-28)40-24-25-42-44(43(35)40)49-46(48-42)37-18-10-7-14-31(37)32-15-8-11-19-38(32)46/h3-27H,1-2H3.